The van der Waals surface area contributed by atoms with Crippen LogP contribution in [0, 0.1) is 11.8 Å². The van der Waals surface area contributed by atoms with E-state index in [0.717, 1.165) is 0 Å². The molecule has 0 bridgehead atoms. The maximum Gasteiger partial charge on any atom is 0.0229 e. The molecule has 0 saturated carbocycles. The Labute approximate surface area is 99.5 Å². The standard InChI is InChI=1S/C15H23N/c1-3-4-7-11-16-12-10-14-8-5-6-9-15(14)13(16)2/h5-6,8-9,14-15H,2-4,7,10-12H2,1H3. The normalized spacial score (nSPS) is 28.3. The summed E-state index contributed by atoms with van der Waals surface area (Å²) in [5.74, 6) is 1.28. The van der Waals surface area contributed by atoms with Gasteiger partial charge in [-0.25, -0.2) is 0 Å². The van der Waals surface area contributed by atoms with E-state index in [1.165, 1.54) is 44.5 Å². The van der Waals surface area contributed by atoms with Crippen LogP contribution in [0.15, 0.2) is 36.6 Å². The molecule has 1 saturated heterocycles. The number of allylic oxidation sites excluding steroid dienone is 4. The topological polar surface area (TPSA) is 3.24 Å². The second kappa shape index (κ2) is 5.38. The van der Waals surface area contributed by atoms with E-state index in [4.69, 9.17) is 0 Å². The van der Waals surface area contributed by atoms with Crippen molar-refractivity contribution in [2.24, 2.45) is 11.8 Å². The van der Waals surface area contributed by atoms with Crippen molar-refractivity contribution in [1.82, 2.24) is 4.90 Å². The van der Waals surface area contributed by atoms with E-state index in [1.54, 1.807) is 0 Å². The zero-order chi connectivity index (χ0) is 11.4. The molecule has 2 rings (SSSR count). The van der Waals surface area contributed by atoms with E-state index in [-0.39, 0.29) is 0 Å². The van der Waals surface area contributed by atoms with Gasteiger partial charge in [-0.15, -0.1) is 0 Å². The van der Waals surface area contributed by atoms with Gasteiger partial charge < -0.3 is 4.90 Å². The first-order valence-corrected chi connectivity index (χ1v) is 6.61. The summed E-state index contributed by atoms with van der Waals surface area (Å²) in [6.45, 7) is 8.96. The number of rotatable bonds is 4. The monoisotopic (exact) mass is 217 g/mol. The predicted octanol–water partition coefficient (Wildman–Crippen LogP) is 3.75. The van der Waals surface area contributed by atoms with Crippen LogP contribution >= 0.6 is 0 Å². The Bertz CT molecular complexity index is 301. The van der Waals surface area contributed by atoms with Gasteiger partial charge >= 0.3 is 0 Å². The fourth-order valence-corrected chi connectivity index (χ4v) is 2.75. The molecule has 1 heterocycles. The third-order valence-corrected chi connectivity index (χ3v) is 3.80. The molecule has 1 aliphatic heterocycles. The van der Waals surface area contributed by atoms with Crippen molar-refractivity contribution in [3.63, 3.8) is 0 Å². The minimum atomic E-state index is 0.570. The molecular weight excluding hydrogens is 194 g/mol. The molecule has 0 spiro atoms. The summed E-state index contributed by atoms with van der Waals surface area (Å²) in [6.07, 6.45) is 14.3. The molecule has 2 aliphatic rings. The number of hydrogen-bond donors (Lipinski definition) is 0. The summed E-state index contributed by atoms with van der Waals surface area (Å²) < 4.78 is 0. The molecule has 0 amide bonds. The lowest BCUT2D eigenvalue weighted by molar-refractivity contribution is 0.225. The van der Waals surface area contributed by atoms with Gasteiger partial charge in [-0.1, -0.05) is 50.6 Å². The summed E-state index contributed by atoms with van der Waals surface area (Å²) in [6, 6.07) is 0. The molecule has 0 aromatic carbocycles. The lowest BCUT2D eigenvalue weighted by Crippen LogP contribution is -2.37. The average Bonchev–Trinajstić information content (AvgIpc) is 2.33. The van der Waals surface area contributed by atoms with Crippen LogP contribution in [0.1, 0.15) is 32.6 Å². The molecule has 0 aromatic rings. The lowest BCUT2D eigenvalue weighted by Gasteiger charge is -2.40. The van der Waals surface area contributed by atoms with Crippen LogP contribution in [-0.2, 0) is 0 Å². The Morgan fingerprint density at radius 1 is 1.31 bits per heavy atom. The molecule has 1 fully saturated rings. The lowest BCUT2D eigenvalue weighted by atomic mass is 9.80. The second-order valence-corrected chi connectivity index (χ2v) is 4.93. The van der Waals surface area contributed by atoms with Crippen LogP contribution in [0.2, 0.25) is 0 Å². The third kappa shape index (κ3) is 2.40. The van der Waals surface area contributed by atoms with Gasteiger partial charge in [0.2, 0.25) is 0 Å². The fraction of sp³-hybridized carbons (Fsp3) is 0.600. The molecule has 88 valence electrons. The third-order valence-electron chi connectivity index (χ3n) is 3.80. The van der Waals surface area contributed by atoms with E-state index in [0.29, 0.717) is 11.8 Å². The van der Waals surface area contributed by atoms with E-state index >= 15 is 0 Å². The first kappa shape index (κ1) is 11.5. The van der Waals surface area contributed by atoms with Gasteiger partial charge in [-0.2, -0.15) is 0 Å². The van der Waals surface area contributed by atoms with Crippen molar-refractivity contribution < 1.29 is 0 Å². The van der Waals surface area contributed by atoms with Crippen LogP contribution in [0.4, 0.5) is 0 Å². The molecule has 2 atom stereocenters. The number of piperidine rings is 1. The highest BCUT2D eigenvalue weighted by molar-refractivity contribution is 5.24. The van der Waals surface area contributed by atoms with Crippen molar-refractivity contribution in [3.8, 4) is 0 Å². The summed E-state index contributed by atoms with van der Waals surface area (Å²) >= 11 is 0. The zero-order valence-electron chi connectivity index (χ0n) is 10.4. The van der Waals surface area contributed by atoms with Crippen molar-refractivity contribution in [2.75, 3.05) is 13.1 Å². The Kier molecular flexibility index (Phi) is 3.87. The molecule has 0 N–H and O–H groups in total. The molecule has 1 nitrogen and oxygen atoms in total. The highest BCUT2D eigenvalue weighted by atomic mass is 15.1. The number of hydrogen-bond acceptors (Lipinski definition) is 1. The minimum Gasteiger partial charge on any atom is -0.375 e. The molecule has 0 aromatic heterocycles. The Hall–Kier alpha value is -0.980. The Balaban J connectivity index is 1.91. The zero-order valence-corrected chi connectivity index (χ0v) is 10.4. The summed E-state index contributed by atoms with van der Waals surface area (Å²) in [5, 5.41) is 0. The van der Waals surface area contributed by atoms with Gasteiger partial charge in [0.15, 0.2) is 0 Å². The van der Waals surface area contributed by atoms with Gasteiger partial charge in [0, 0.05) is 24.7 Å². The first-order chi connectivity index (χ1) is 7.83. The summed E-state index contributed by atoms with van der Waals surface area (Å²) in [7, 11) is 0. The van der Waals surface area contributed by atoms with E-state index in [2.05, 4.69) is 42.7 Å². The maximum absolute atomic E-state index is 4.30. The minimum absolute atomic E-state index is 0.570. The number of unbranched alkanes of at least 4 members (excludes halogenated alkanes) is 2. The van der Waals surface area contributed by atoms with E-state index in [9.17, 15) is 0 Å². The number of fused-ring (bicyclic) bond motifs is 1. The average molecular weight is 217 g/mol. The van der Waals surface area contributed by atoms with Crippen molar-refractivity contribution in [3.05, 3.63) is 36.6 Å². The van der Waals surface area contributed by atoms with Crippen LogP contribution in [-0.4, -0.2) is 18.0 Å². The van der Waals surface area contributed by atoms with Gasteiger partial charge in [0.25, 0.3) is 0 Å². The largest absolute Gasteiger partial charge is 0.375 e. The van der Waals surface area contributed by atoms with Crippen molar-refractivity contribution in [1.29, 1.82) is 0 Å². The van der Waals surface area contributed by atoms with Gasteiger partial charge in [-0.3, -0.25) is 0 Å². The second-order valence-electron chi connectivity index (χ2n) is 4.93. The van der Waals surface area contributed by atoms with E-state index in [1.807, 2.05) is 0 Å². The molecule has 0 radical (unpaired) electrons. The van der Waals surface area contributed by atoms with Crippen LogP contribution in [0.25, 0.3) is 0 Å². The van der Waals surface area contributed by atoms with E-state index < -0.39 is 0 Å². The molecule has 1 aliphatic carbocycles. The maximum atomic E-state index is 4.30. The van der Waals surface area contributed by atoms with Gasteiger partial charge in [0.05, 0.1) is 0 Å². The van der Waals surface area contributed by atoms with Crippen LogP contribution < -0.4 is 0 Å². The molecule has 16 heavy (non-hydrogen) atoms. The summed E-state index contributed by atoms with van der Waals surface area (Å²) in [5.41, 5.74) is 1.34. The van der Waals surface area contributed by atoms with Crippen LogP contribution in [0.3, 0.4) is 0 Å². The van der Waals surface area contributed by atoms with Crippen molar-refractivity contribution in [2.45, 2.75) is 32.6 Å². The first-order valence-electron chi connectivity index (χ1n) is 6.61. The fourth-order valence-electron chi connectivity index (χ4n) is 2.75. The Morgan fingerprint density at radius 2 is 2.12 bits per heavy atom. The van der Waals surface area contributed by atoms with Gasteiger partial charge in [0.1, 0.15) is 0 Å². The highest BCUT2D eigenvalue weighted by Crippen LogP contribution is 2.35. The SMILES string of the molecule is C=C1C2C=CC=CC2CCN1CCCCC. The predicted molar refractivity (Wildman–Crippen MR) is 70.1 cm³/mol. The van der Waals surface area contributed by atoms with Gasteiger partial charge in [-0.05, 0) is 18.8 Å². The molecular formula is C15H23N. The smallest absolute Gasteiger partial charge is 0.0229 e. The van der Waals surface area contributed by atoms with Crippen molar-refractivity contribution >= 4 is 0 Å². The Morgan fingerprint density at radius 3 is 2.94 bits per heavy atom. The molecule has 2 unspecified atom stereocenters. The summed E-state index contributed by atoms with van der Waals surface area (Å²) in [4.78, 5) is 2.50. The quantitative estimate of drug-likeness (QED) is 0.648. The number of likely N-dealkylation sites (tertiary alicyclic amines) is 1. The highest BCUT2D eigenvalue weighted by Gasteiger charge is 2.29. The number of nitrogens with zero attached hydrogens (tertiary/aromatic N) is 1. The molecule has 1 heteroatoms. The van der Waals surface area contributed by atoms with Crippen LogP contribution in [0.5, 0.6) is 0 Å².